The fourth-order valence-electron chi connectivity index (χ4n) is 1.99. The summed E-state index contributed by atoms with van der Waals surface area (Å²) in [5, 5.41) is 0. The topological polar surface area (TPSA) is 66.0 Å². The maximum atomic E-state index is 5.66. The van der Waals surface area contributed by atoms with Crippen LogP contribution in [0.15, 0.2) is 30.9 Å². The molecule has 0 unspecified atom stereocenters. The molecular weight excluding hydrogens is 240 g/mol. The third-order valence-corrected chi connectivity index (χ3v) is 3.32. The first kappa shape index (κ1) is 12.2. The first-order valence-corrected chi connectivity index (χ1v) is 6.63. The van der Waals surface area contributed by atoms with E-state index in [2.05, 4.69) is 14.5 Å². The standard InChI is InChI=1S/C14H18N4O/c15-14-4-3-12(7-17-14)13-8-16-10-18(13)5-6-19-9-11-1-2-11/h3-4,7-8,10-11H,1-2,5-6,9H2,(H2,15,17). The van der Waals surface area contributed by atoms with Gasteiger partial charge in [-0.15, -0.1) is 0 Å². The summed E-state index contributed by atoms with van der Waals surface area (Å²) in [5.74, 6) is 1.34. The Morgan fingerprint density at radius 1 is 1.32 bits per heavy atom. The van der Waals surface area contributed by atoms with Gasteiger partial charge >= 0.3 is 0 Å². The molecule has 1 saturated carbocycles. The van der Waals surface area contributed by atoms with Crippen LogP contribution in [0, 0.1) is 5.92 Å². The van der Waals surface area contributed by atoms with Crippen molar-refractivity contribution < 1.29 is 4.74 Å². The molecule has 3 rings (SSSR count). The van der Waals surface area contributed by atoms with Gasteiger partial charge in [0.1, 0.15) is 5.82 Å². The van der Waals surface area contributed by atoms with Gasteiger partial charge in [0, 0.05) is 24.9 Å². The fraction of sp³-hybridized carbons (Fsp3) is 0.429. The molecule has 100 valence electrons. The van der Waals surface area contributed by atoms with E-state index in [1.165, 1.54) is 12.8 Å². The van der Waals surface area contributed by atoms with Crippen molar-refractivity contribution in [2.75, 3.05) is 18.9 Å². The number of aromatic nitrogens is 3. The second-order valence-corrected chi connectivity index (χ2v) is 4.96. The summed E-state index contributed by atoms with van der Waals surface area (Å²) in [7, 11) is 0. The monoisotopic (exact) mass is 258 g/mol. The van der Waals surface area contributed by atoms with Gasteiger partial charge in [0.2, 0.25) is 0 Å². The van der Waals surface area contributed by atoms with Crippen LogP contribution in [0.1, 0.15) is 12.8 Å². The molecule has 1 aliphatic rings. The van der Waals surface area contributed by atoms with Crippen molar-refractivity contribution in [3.63, 3.8) is 0 Å². The van der Waals surface area contributed by atoms with Gasteiger partial charge in [0.05, 0.1) is 24.8 Å². The van der Waals surface area contributed by atoms with Crippen molar-refractivity contribution in [3.05, 3.63) is 30.9 Å². The lowest BCUT2D eigenvalue weighted by Gasteiger charge is -2.08. The summed E-state index contributed by atoms with van der Waals surface area (Å²) in [6.45, 7) is 2.43. The van der Waals surface area contributed by atoms with Crippen LogP contribution in [0.25, 0.3) is 11.3 Å². The molecule has 2 aromatic rings. The van der Waals surface area contributed by atoms with Crippen molar-refractivity contribution in [2.45, 2.75) is 19.4 Å². The van der Waals surface area contributed by atoms with Gasteiger partial charge in [-0.25, -0.2) is 9.97 Å². The highest BCUT2D eigenvalue weighted by Gasteiger charge is 2.20. The van der Waals surface area contributed by atoms with Crippen LogP contribution in [-0.2, 0) is 11.3 Å². The van der Waals surface area contributed by atoms with Gasteiger partial charge < -0.3 is 15.0 Å². The Morgan fingerprint density at radius 3 is 2.95 bits per heavy atom. The van der Waals surface area contributed by atoms with Crippen LogP contribution < -0.4 is 5.73 Å². The average Bonchev–Trinajstić information content (AvgIpc) is 3.13. The highest BCUT2D eigenvalue weighted by atomic mass is 16.5. The van der Waals surface area contributed by atoms with Crippen LogP contribution in [-0.4, -0.2) is 27.7 Å². The van der Waals surface area contributed by atoms with Crippen molar-refractivity contribution >= 4 is 5.82 Å². The summed E-state index contributed by atoms with van der Waals surface area (Å²) in [6, 6.07) is 3.76. The van der Waals surface area contributed by atoms with E-state index in [1.807, 2.05) is 18.6 Å². The number of ether oxygens (including phenoxy) is 1. The van der Waals surface area contributed by atoms with Crippen molar-refractivity contribution in [3.8, 4) is 11.3 Å². The first-order chi connectivity index (χ1) is 9.33. The molecule has 0 bridgehead atoms. The molecule has 1 fully saturated rings. The zero-order valence-electron chi connectivity index (χ0n) is 10.8. The number of anilines is 1. The molecule has 0 radical (unpaired) electrons. The number of nitrogens with zero attached hydrogens (tertiary/aromatic N) is 3. The van der Waals surface area contributed by atoms with E-state index in [0.717, 1.165) is 36.9 Å². The highest BCUT2D eigenvalue weighted by molar-refractivity contribution is 5.59. The third-order valence-electron chi connectivity index (χ3n) is 3.32. The van der Waals surface area contributed by atoms with Gasteiger partial charge in [-0.05, 0) is 30.9 Å². The van der Waals surface area contributed by atoms with Crippen LogP contribution in [0.3, 0.4) is 0 Å². The molecule has 0 amide bonds. The summed E-state index contributed by atoms with van der Waals surface area (Å²) < 4.78 is 7.74. The van der Waals surface area contributed by atoms with E-state index in [0.29, 0.717) is 5.82 Å². The number of imidazole rings is 1. The lowest BCUT2D eigenvalue weighted by molar-refractivity contribution is 0.117. The van der Waals surface area contributed by atoms with E-state index in [4.69, 9.17) is 10.5 Å². The maximum Gasteiger partial charge on any atom is 0.123 e. The molecule has 0 atom stereocenters. The summed E-state index contributed by atoms with van der Waals surface area (Å²) in [4.78, 5) is 8.31. The number of nitrogen functional groups attached to an aromatic ring is 1. The SMILES string of the molecule is Nc1ccc(-c2cncn2CCOCC2CC2)cn1. The van der Waals surface area contributed by atoms with E-state index in [1.54, 1.807) is 12.3 Å². The minimum absolute atomic E-state index is 0.530. The van der Waals surface area contributed by atoms with E-state index in [9.17, 15) is 0 Å². The fourth-order valence-corrected chi connectivity index (χ4v) is 1.99. The molecule has 2 N–H and O–H groups in total. The normalized spacial score (nSPS) is 14.7. The van der Waals surface area contributed by atoms with Crippen molar-refractivity contribution in [2.24, 2.45) is 5.92 Å². The summed E-state index contributed by atoms with van der Waals surface area (Å²) >= 11 is 0. The highest BCUT2D eigenvalue weighted by Crippen LogP contribution is 2.28. The van der Waals surface area contributed by atoms with Crippen LogP contribution in [0.4, 0.5) is 5.82 Å². The van der Waals surface area contributed by atoms with Gasteiger partial charge in [-0.1, -0.05) is 0 Å². The zero-order valence-corrected chi connectivity index (χ0v) is 10.8. The largest absolute Gasteiger partial charge is 0.384 e. The quantitative estimate of drug-likeness (QED) is 0.804. The molecule has 1 aliphatic carbocycles. The van der Waals surface area contributed by atoms with Gasteiger partial charge in [0.15, 0.2) is 0 Å². The van der Waals surface area contributed by atoms with Gasteiger partial charge in [-0.2, -0.15) is 0 Å². The molecule has 2 aromatic heterocycles. The maximum absolute atomic E-state index is 5.66. The molecular formula is C14H18N4O. The Bertz CT molecular complexity index is 531. The van der Waals surface area contributed by atoms with Crippen LogP contribution in [0.5, 0.6) is 0 Å². The summed E-state index contributed by atoms with van der Waals surface area (Å²) in [5.41, 5.74) is 7.66. The zero-order chi connectivity index (χ0) is 13.1. The smallest absolute Gasteiger partial charge is 0.123 e. The summed E-state index contributed by atoms with van der Waals surface area (Å²) in [6.07, 6.45) is 8.09. The number of hydrogen-bond donors (Lipinski definition) is 1. The lowest BCUT2D eigenvalue weighted by atomic mass is 10.2. The minimum Gasteiger partial charge on any atom is -0.384 e. The molecule has 0 aromatic carbocycles. The molecule has 5 nitrogen and oxygen atoms in total. The van der Waals surface area contributed by atoms with Crippen molar-refractivity contribution in [1.29, 1.82) is 0 Å². The molecule has 0 saturated heterocycles. The molecule has 19 heavy (non-hydrogen) atoms. The lowest BCUT2D eigenvalue weighted by Crippen LogP contribution is -2.08. The first-order valence-electron chi connectivity index (χ1n) is 6.63. The second-order valence-electron chi connectivity index (χ2n) is 4.96. The number of nitrogens with two attached hydrogens (primary N) is 1. The Labute approximate surface area is 112 Å². The minimum atomic E-state index is 0.530. The van der Waals surface area contributed by atoms with Crippen LogP contribution >= 0.6 is 0 Å². The predicted molar refractivity (Wildman–Crippen MR) is 73.4 cm³/mol. The van der Waals surface area contributed by atoms with Crippen molar-refractivity contribution in [1.82, 2.24) is 14.5 Å². The molecule has 0 spiro atoms. The third kappa shape index (κ3) is 3.12. The average molecular weight is 258 g/mol. The molecule has 5 heteroatoms. The molecule has 0 aliphatic heterocycles. The van der Waals surface area contributed by atoms with E-state index in [-0.39, 0.29) is 0 Å². The second kappa shape index (κ2) is 5.40. The van der Waals surface area contributed by atoms with E-state index >= 15 is 0 Å². The Hall–Kier alpha value is -1.88. The number of rotatable bonds is 6. The number of pyridine rings is 1. The van der Waals surface area contributed by atoms with E-state index < -0.39 is 0 Å². The Balaban J connectivity index is 1.62. The van der Waals surface area contributed by atoms with Gasteiger partial charge in [-0.3, -0.25) is 0 Å². The molecule has 2 heterocycles. The van der Waals surface area contributed by atoms with Crippen LogP contribution in [0.2, 0.25) is 0 Å². The number of hydrogen-bond acceptors (Lipinski definition) is 4. The Kier molecular flexibility index (Phi) is 3.46. The predicted octanol–water partition coefficient (Wildman–Crippen LogP) is 1.95. The van der Waals surface area contributed by atoms with Gasteiger partial charge in [0.25, 0.3) is 0 Å². The Morgan fingerprint density at radius 2 is 2.21 bits per heavy atom.